The number of amides is 1. The molecule has 1 aromatic heterocycles. The first-order valence-electron chi connectivity index (χ1n) is 16.2. The third-order valence-electron chi connectivity index (χ3n) is 8.00. The lowest BCUT2D eigenvalue weighted by atomic mass is 9.91. The van der Waals surface area contributed by atoms with Crippen molar-refractivity contribution in [3.63, 3.8) is 0 Å². The van der Waals surface area contributed by atoms with Crippen LogP contribution < -0.4 is 20.5 Å². The van der Waals surface area contributed by atoms with Crippen molar-refractivity contribution in [3.05, 3.63) is 52.7 Å². The summed E-state index contributed by atoms with van der Waals surface area (Å²) in [6, 6.07) is 10.6. The highest BCUT2D eigenvalue weighted by atomic mass is 16.5. The lowest BCUT2D eigenvalue weighted by Crippen LogP contribution is -2.32. The highest BCUT2D eigenvalue weighted by molar-refractivity contribution is 6.02. The number of hydrogen-bond donors (Lipinski definition) is 2. The molecular weight excluding hydrogens is 540 g/mol. The van der Waals surface area contributed by atoms with Crippen LogP contribution in [0, 0.1) is 0 Å². The van der Waals surface area contributed by atoms with Gasteiger partial charge in [0.25, 0.3) is 5.91 Å². The lowest BCUT2D eigenvalue weighted by Gasteiger charge is -2.29. The molecule has 1 aliphatic rings. The SMILES string of the molecule is CCCCOc1cc(OCCCC)c(C(C)C)cc1-c1onc(C(=O)NCC)c1-c1ccc2c(c1)CCN(CCCN)C2. The Morgan fingerprint density at radius 3 is 2.44 bits per heavy atom. The Kier molecular flexibility index (Phi) is 12.1. The van der Waals surface area contributed by atoms with Crippen molar-refractivity contribution >= 4 is 5.91 Å². The van der Waals surface area contributed by atoms with Crippen molar-refractivity contribution in [2.24, 2.45) is 5.73 Å². The second kappa shape index (κ2) is 15.9. The third kappa shape index (κ3) is 7.98. The van der Waals surface area contributed by atoms with E-state index in [2.05, 4.69) is 67.3 Å². The molecule has 2 heterocycles. The van der Waals surface area contributed by atoms with Crippen LogP contribution >= 0.6 is 0 Å². The summed E-state index contributed by atoms with van der Waals surface area (Å²) in [5.41, 5.74) is 12.1. The maximum Gasteiger partial charge on any atom is 0.274 e. The van der Waals surface area contributed by atoms with Crippen molar-refractivity contribution in [1.29, 1.82) is 0 Å². The first-order chi connectivity index (χ1) is 20.9. The number of aromatic nitrogens is 1. The molecule has 1 amide bonds. The molecule has 8 heteroatoms. The molecule has 0 atom stereocenters. The average molecular weight is 591 g/mol. The number of benzene rings is 2. The Morgan fingerprint density at radius 1 is 1.02 bits per heavy atom. The summed E-state index contributed by atoms with van der Waals surface area (Å²) in [6.07, 6.45) is 5.93. The summed E-state index contributed by atoms with van der Waals surface area (Å²) in [5, 5.41) is 7.27. The molecule has 0 unspecified atom stereocenters. The highest BCUT2D eigenvalue weighted by Crippen LogP contribution is 2.44. The van der Waals surface area contributed by atoms with Gasteiger partial charge in [0.2, 0.25) is 0 Å². The summed E-state index contributed by atoms with van der Waals surface area (Å²) in [4.78, 5) is 15.7. The van der Waals surface area contributed by atoms with Crippen LogP contribution in [0.4, 0.5) is 0 Å². The Labute approximate surface area is 257 Å². The zero-order valence-corrected chi connectivity index (χ0v) is 26.8. The Bertz CT molecular complexity index is 1350. The van der Waals surface area contributed by atoms with Gasteiger partial charge in [-0.05, 0) is 79.9 Å². The van der Waals surface area contributed by atoms with Crippen molar-refractivity contribution < 1.29 is 18.8 Å². The predicted molar refractivity (Wildman–Crippen MR) is 173 cm³/mol. The van der Waals surface area contributed by atoms with Gasteiger partial charge in [-0.2, -0.15) is 0 Å². The van der Waals surface area contributed by atoms with Crippen LogP contribution in [0.3, 0.4) is 0 Å². The molecular formula is C35H50N4O4. The van der Waals surface area contributed by atoms with Gasteiger partial charge in [-0.3, -0.25) is 9.69 Å². The zero-order valence-electron chi connectivity index (χ0n) is 26.8. The van der Waals surface area contributed by atoms with Crippen molar-refractivity contribution in [2.45, 2.75) is 85.6 Å². The monoisotopic (exact) mass is 590 g/mol. The number of carbonyl (C=O) groups excluding carboxylic acids is 1. The van der Waals surface area contributed by atoms with E-state index in [1.54, 1.807) is 0 Å². The number of nitrogens with one attached hydrogen (secondary N) is 1. The quantitative estimate of drug-likeness (QED) is 0.174. The van der Waals surface area contributed by atoms with Crippen LogP contribution in [-0.4, -0.2) is 55.4 Å². The molecule has 1 aliphatic heterocycles. The van der Waals surface area contributed by atoms with Gasteiger partial charge in [0.05, 0.1) is 24.3 Å². The van der Waals surface area contributed by atoms with Crippen LogP contribution in [0.1, 0.15) is 99.8 Å². The summed E-state index contributed by atoms with van der Waals surface area (Å²) in [5.74, 6) is 2.00. The van der Waals surface area contributed by atoms with Crippen LogP contribution in [0.15, 0.2) is 34.9 Å². The maximum atomic E-state index is 13.3. The second-order valence-electron chi connectivity index (χ2n) is 11.7. The molecule has 4 rings (SSSR count). The highest BCUT2D eigenvalue weighted by Gasteiger charge is 2.29. The molecule has 234 valence electrons. The Morgan fingerprint density at radius 2 is 1.77 bits per heavy atom. The summed E-state index contributed by atoms with van der Waals surface area (Å²) >= 11 is 0. The fourth-order valence-corrected chi connectivity index (χ4v) is 5.52. The van der Waals surface area contributed by atoms with Crippen molar-refractivity contribution in [2.75, 3.05) is 39.4 Å². The van der Waals surface area contributed by atoms with E-state index in [9.17, 15) is 4.79 Å². The van der Waals surface area contributed by atoms with E-state index in [1.165, 1.54) is 11.1 Å². The largest absolute Gasteiger partial charge is 0.493 e. The third-order valence-corrected chi connectivity index (χ3v) is 8.00. The molecule has 8 nitrogen and oxygen atoms in total. The molecule has 0 fully saturated rings. The van der Waals surface area contributed by atoms with Gasteiger partial charge in [0.15, 0.2) is 11.5 Å². The van der Waals surface area contributed by atoms with Gasteiger partial charge in [0, 0.05) is 25.7 Å². The summed E-state index contributed by atoms with van der Waals surface area (Å²) in [6.45, 7) is 15.8. The first kappa shape index (κ1) is 32.6. The van der Waals surface area contributed by atoms with Crippen LogP contribution in [-0.2, 0) is 13.0 Å². The minimum atomic E-state index is -0.254. The van der Waals surface area contributed by atoms with E-state index in [0.29, 0.717) is 43.4 Å². The van der Waals surface area contributed by atoms with E-state index in [1.807, 2.05) is 13.0 Å². The van der Waals surface area contributed by atoms with E-state index >= 15 is 0 Å². The van der Waals surface area contributed by atoms with Gasteiger partial charge >= 0.3 is 0 Å². The van der Waals surface area contributed by atoms with Gasteiger partial charge < -0.3 is 25.0 Å². The molecule has 43 heavy (non-hydrogen) atoms. The molecule has 0 aliphatic carbocycles. The topological polar surface area (TPSA) is 103 Å². The number of nitrogens with zero attached hydrogens (tertiary/aromatic N) is 2. The summed E-state index contributed by atoms with van der Waals surface area (Å²) in [7, 11) is 0. The first-order valence-corrected chi connectivity index (χ1v) is 16.2. The van der Waals surface area contributed by atoms with Crippen LogP contribution in [0.25, 0.3) is 22.5 Å². The molecule has 0 bridgehead atoms. The number of nitrogens with two attached hydrogens (primary N) is 1. The number of fused-ring (bicyclic) bond motifs is 1. The van der Waals surface area contributed by atoms with Gasteiger partial charge in [0.1, 0.15) is 11.5 Å². The normalized spacial score (nSPS) is 13.3. The van der Waals surface area contributed by atoms with Crippen molar-refractivity contribution in [1.82, 2.24) is 15.4 Å². The fourth-order valence-electron chi connectivity index (χ4n) is 5.52. The predicted octanol–water partition coefficient (Wildman–Crippen LogP) is 6.95. The summed E-state index contributed by atoms with van der Waals surface area (Å²) < 4.78 is 18.7. The molecule has 0 radical (unpaired) electrons. The molecule has 0 saturated carbocycles. The molecule has 3 N–H and O–H groups in total. The number of hydrogen-bond acceptors (Lipinski definition) is 7. The van der Waals surface area contributed by atoms with Crippen molar-refractivity contribution in [3.8, 4) is 33.9 Å². The average Bonchev–Trinajstić information content (AvgIpc) is 3.45. The second-order valence-corrected chi connectivity index (χ2v) is 11.7. The standard InChI is InChI=1S/C35H50N4O4/c1-6-9-18-41-30-22-31(42-19-10-7-2)29(21-28(30)24(4)5)34-32(33(38-43-34)35(40)37-8-3)26-12-13-27-23-39(16-11-15-36)17-14-25(27)20-26/h12-13,20-22,24H,6-11,14-19,23,36H2,1-5H3,(H,37,40). The van der Waals surface area contributed by atoms with Crippen LogP contribution in [0.5, 0.6) is 11.5 Å². The minimum Gasteiger partial charge on any atom is -0.493 e. The van der Waals surface area contributed by atoms with E-state index in [0.717, 1.165) is 80.6 Å². The fraction of sp³-hybridized carbons (Fsp3) is 0.543. The Hall–Kier alpha value is -3.36. The van der Waals surface area contributed by atoms with E-state index < -0.39 is 0 Å². The Balaban J connectivity index is 1.84. The lowest BCUT2D eigenvalue weighted by molar-refractivity contribution is 0.0947. The van der Waals surface area contributed by atoms with Gasteiger partial charge in [-0.15, -0.1) is 0 Å². The zero-order chi connectivity index (χ0) is 30.8. The van der Waals surface area contributed by atoms with Crippen LogP contribution in [0.2, 0.25) is 0 Å². The number of carbonyl (C=O) groups is 1. The number of rotatable bonds is 16. The minimum absolute atomic E-state index is 0.209. The van der Waals surface area contributed by atoms with Gasteiger partial charge in [-0.25, -0.2) is 0 Å². The molecule has 3 aromatic rings. The number of unbranched alkanes of at least 4 members (excludes halogenated alkanes) is 2. The smallest absolute Gasteiger partial charge is 0.274 e. The van der Waals surface area contributed by atoms with E-state index in [4.69, 9.17) is 19.7 Å². The molecule has 2 aromatic carbocycles. The number of ether oxygens (including phenoxy) is 2. The maximum absolute atomic E-state index is 13.3. The molecule has 0 saturated heterocycles. The van der Waals surface area contributed by atoms with E-state index in [-0.39, 0.29) is 17.5 Å². The van der Waals surface area contributed by atoms with Gasteiger partial charge in [-0.1, -0.05) is 63.9 Å². The molecule has 0 spiro atoms.